The Balaban J connectivity index is 1.60. The van der Waals surface area contributed by atoms with Crippen molar-refractivity contribution in [3.05, 3.63) is 59.9 Å². The third-order valence-corrected chi connectivity index (χ3v) is 6.86. The quantitative estimate of drug-likeness (QED) is 0.625. The van der Waals surface area contributed by atoms with E-state index in [0.717, 1.165) is 12.1 Å². The first-order valence-electron chi connectivity index (χ1n) is 9.62. The fraction of sp³-hybridized carbons (Fsp3) is 0.333. The predicted molar refractivity (Wildman–Crippen MR) is 110 cm³/mol. The lowest BCUT2D eigenvalue weighted by atomic mass is 10.2. The molecule has 0 radical (unpaired) electrons. The summed E-state index contributed by atoms with van der Waals surface area (Å²) in [5.74, 6) is -1.85. The van der Waals surface area contributed by atoms with Crippen LogP contribution in [-0.4, -0.2) is 68.9 Å². The number of amides is 1. The Morgan fingerprint density at radius 1 is 1.03 bits per heavy atom. The van der Waals surface area contributed by atoms with E-state index < -0.39 is 33.8 Å². The van der Waals surface area contributed by atoms with Gasteiger partial charge in [-0.25, -0.2) is 17.6 Å². The predicted octanol–water partition coefficient (Wildman–Crippen LogP) is 1.91. The van der Waals surface area contributed by atoms with E-state index in [1.165, 1.54) is 41.4 Å². The fourth-order valence-electron chi connectivity index (χ4n) is 3.26. The Morgan fingerprint density at radius 3 is 2.29 bits per heavy atom. The first-order chi connectivity index (χ1) is 14.7. The highest BCUT2D eigenvalue weighted by molar-refractivity contribution is 7.89. The molecule has 0 aromatic heterocycles. The molecule has 1 atom stereocenters. The molecule has 1 aliphatic rings. The van der Waals surface area contributed by atoms with E-state index in [0.29, 0.717) is 0 Å². The summed E-state index contributed by atoms with van der Waals surface area (Å²) >= 11 is 0. The van der Waals surface area contributed by atoms with E-state index in [1.807, 2.05) is 0 Å². The van der Waals surface area contributed by atoms with E-state index in [1.54, 1.807) is 18.2 Å². The highest BCUT2D eigenvalue weighted by atomic mass is 32.2. The molecule has 1 saturated heterocycles. The molecular formula is C21H23FN2O6S. The SMILES string of the molecule is COc1ccc(F)cc1C(=O)OC(C)C(=O)N1CCN(S(=O)(=O)c2ccccc2)CC1. The second-order valence-corrected chi connectivity index (χ2v) is 8.87. The van der Waals surface area contributed by atoms with Crippen LogP contribution in [0.5, 0.6) is 5.75 Å². The van der Waals surface area contributed by atoms with Gasteiger partial charge in [-0.1, -0.05) is 18.2 Å². The molecular weight excluding hydrogens is 427 g/mol. The standard InChI is InChI=1S/C21H23FN2O6S/c1-15(30-21(26)18-14-16(22)8-9-19(18)29-2)20(25)23-10-12-24(13-11-23)31(27,28)17-6-4-3-5-7-17/h3-9,14-15H,10-13H2,1-2H3. The summed E-state index contributed by atoms with van der Waals surface area (Å²) in [4.78, 5) is 26.7. The maximum atomic E-state index is 13.5. The van der Waals surface area contributed by atoms with Crippen molar-refractivity contribution in [3.8, 4) is 5.75 Å². The zero-order chi connectivity index (χ0) is 22.6. The molecule has 1 amide bonds. The first kappa shape index (κ1) is 22.7. The number of piperazine rings is 1. The van der Waals surface area contributed by atoms with Crippen LogP contribution in [-0.2, 0) is 19.6 Å². The maximum Gasteiger partial charge on any atom is 0.342 e. The number of hydrogen-bond donors (Lipinski definition) is 0. The van der Waals surface area contributed by atoms with Gasteiger partial charge in [-0.15, -0.1) is 0 Å². The van der Waals surface area contributed by atoms with Crippen molar-refractivity contribution in [2.45, 2.75) is 17.9 Å². The molecule has 0 bridgehead atoms. The third-order valence-electron chi connectivity index (χ3n) is 4.94. The number of halogens is 1. The number of nitrogens with zero attached hydrogens (tertiary/aromatic N) is 2. The van der Waals surface area contributed by atoms with Crippen molar-refractivity contribution in [2.75, 3.05) is 33.3 Å². The topological polar surface area (TPSA) is 93.2 Å². The lowest BCUT2D eigenvalue weighted by Gasteiger charge is -2.35. The van der Waals surface area contributed by atoms with Gasteiger partial charge in [0.15, 0.2) is 6.10 Å². The van der Waals surface area contributed by atoms with E-state index in [4.69, 9.17) is 9.47 Å². The fourth-order valence-corrected chi connectivity index (χ4v) is 4.70. The summed E-state index contributed by atoms with van der Waals surface area (Å²) < 4.78 is 50.4. The van der Waals surface area contributed by atoms with Crippen molar-refractivity contribution < 1.29 is 31.9 Å². The van der Waals surface area contributed by atoms with Crippen molar-refractivity contribution in [1.82, 2.24) is 9.21 Å². The van der Waals surface area contributed by atoms with Crippen LogP contribution in [0.15, 0.2) is 53.4 Å². The molecule has 1 unspecified atom stereocenters. The van der Waals surface area contributed by atoms with Gasteiger partial charge in [0.05, 0.1) is 12.0 Å². The first-order valence-corrected chi connectivity index (χ1v) is 11.1. The van der Waals surface area contributed by atoms with Gasteiger partial charge in [0, 0.05) is 26.2 Å². The molecule has 8 nitrogen and oxygen atoms in total. The number of carbonyl (C=O) groups is 2. The normalized spacial score (nSPS) is 15.9. The third kappa shape index (κ3) is 5.02. The minimum Gasteiger partial charge on any atom is -0.496 e. The molecule has 0 spiro atoms. The summed E-state index contributed by atoms with van der Waals surface area (Å²) in [5, 5.41) is 0. The van der Waals surface area contributed by atoms with Gasteiger partial charge in [-0.2, -0.15) is 4.31 Å². The van der Waals surface area contributed by atoms with E-state index >= 15 is 0 Å². The zero-order valence-electron chi connectivity index (χ0n) is 17.2. The molecule has 0 saturated carbocycles. The van der Waals surface area contributed by atoms with E-state index in [9.17, 15) is 22.4 Å². The second-order valence-electron chi connectivity index (χ2n) is 6.93. The summed E-state index contributed by atoms with van der Waals surface area (Å²) in [6, 6.07) is 11.5. The van der Waals surface area contributed by atoms with Gasteiger partial charge in [0.1, 0.15) is 17.1 Å². The molecule has 1 fully saturated rings. The van der Waals surface area contributed by atoms with Crippen LogP contribution in [0.4, 0.5) is 4.39 Å². The lowest BCUT2D eigenvalue weighted by Crippen LogP contribution is -2.52. The molecule has 3 rings (SSSR count). The lowest BCUT2D eigenvalue weighted by molar-refractivity contribution is -0.141. The Hall–Kier alpha value is -2.98. The van der Waals surface area contributed by atoms with Crippen LogP contribution in [0, 0.1) is 5.82 Å². The number of carbonyl (C=O) groups excluding carboxylic acids is 2. The Morgan fingerprint density at radius 2 is 1.68 bits per heavy atom. The average Bonchev–Trinajstić information content (AvgIpc) is 2.79. The van der Waals surface area contributed by atoms with E-state index in [2.05, 4.69) is 0 Å². The molecule has 166 valence electrons. The summed E-state index contributed by atoms with van der Waals surface area (Å²) in [6.07, 6.45) is -1.13. The van der Waals surface area contributed by atoms with Gasteiger partial charge in [0.2, 0.25) is 10.0 Å². The molecule has 2 aromatic carbocycles. The monoisotopic (exact) mass is 450 g/mol. The number of esters is 1. The number of ether oxygens (including phenoxy) is 2. The highest BCUT2D eigenvalue weighted by Gasteiger charge is 2.32. The van der Waals surface area contributed by atoms with Gasteiger partial charge >= 0.3 is 5.97 Å². The molecule has 2 aromatic rings. The zero-order valence-corrected chi connectivity index (χ0v) is 18.0. The number of benzene rings is 2. The number of rotatable bonds is 6. The van der Waals surface area contributed by atoms with Crippen LogP contribution < -0.4 is 4.74 Å². The molecule has 31 heavy (non-hydrogen) atoms. The second kappa shape index (κ2) is 9.44. The minimum absolute atomic E-state index is 0.124. The van der Waals surface area contributed by atoms with Crippen molar-refractivity contribution in [1.29, 1.82) is 0 Å². The van der Waals surface area contributed by atoms with Gasteiger partial charge in [-0.05, 0) is 37.3 Å². The van der Waals surface area contributed by atoms with Crippen LogP contribution in [0.3, 0.4) is 0 Å². The molecule has 0 N–H and O–H groups in total. The molecule has 1 heterocycles. The van der Waals surface area contributed by atoms with Gasteiger partial charge < -0.3 is 14.4 Å². The Kier molecular flexibility index (Phi) is 6.91. The average molecular weight is 450 g/mol. The van der Waals surface area contributed by atoms with Crippen LogP contribution in [0.1, 0.15) is 17.3 Å². The summed E-state index contributed by atoms with van der Waals surface area (Å²) in [7, 11) is -2.30. The van der Waals surface area contributed by atoms with Gasteiger partial charge in [-0.3, -0.25) is 4.79 Å². The van der Waals surface area contributed by atoms with E-state index in [-0.39, 0.29) is 42.4 Å². The number of hydrogen-bond acceptors (Lipinski definition) is 6. The Labute approximate surface area is 180 Å². The Bertz CT molecular complexity index is 1050. The highest BCUT2D eigenvalue weighted by Crippen LogP contribution is 2.22. The molecule has 1 aliphatic heterocycles. The van der Waals surface area contributed by atoms with Crippen LogP contribution in [0.2, 0.25) is 0 Å². The largest absolute Gasteiger partial charge is 0.496 e. The van der Waals surface area contributed by atoms with Gasteiger partial charge in [0.25, 0.3) is 5.91 Å². The number of methoxy groups -OCH3 is 1. The summed E-state index contributed by atoms with van der Waals surface area (Å²) in [5.41, 5.74) is -0.124. The van der Waals surface area contributed by atoms with Crippen molar-refractivity contribution >= 4 is 21.9 Å². The van der Waals surface area contributed by atoms with Crippen molar-refractivity contribution in [3.63, 3.8) is 0 Å². The maximum absolute atomic E-state index is 13.5. The van der Waals surface area contributed by atoms with Crippen LogP contribution >= 0.6 is 0 Å². The molecule has 0 aliphatic carbocycles. The van der Waals surface area contributed by atoms with Crippen molar-refractivity contribution in [2.24, 2.45) is 0 Å². The smallest absolute Gasteiger partial charge is 0.342 e. The minimum atomic E-state index is -3.64. The summed E-state index contributed by atoms with van der Waals surface area (Å²) in [6.45, 7) is 1.99. The van der Waals surface area contributed by atoms with Crippen LogP contribution in [0.25, 0.3) is 0 Å². The molecule has 10 heteroatoms. The number of sulfonamides is 1.